The summed E-state index contributed by atoms with van der Waals surface area (Å²) in [6, 6.07) is 7.56. The van der Waals surface area contributed by atoms with Crippen molar-refractivity contribution in [3.8, 4) is 0 Å². The van der Waals surface area contributed by atoms with Gasteiger partial charge in [-0.15, -0.1) is 0 Å². The number of hydrogen-bond acceptors (Lipinski definition) is 3. The van der Waals surface area contributed by atoms with Gasteiger partial charge in [0, 0.05) is 27.8 Å². The number of rotatable bonds is 9. The first-order chi connectivity index (χ1) is 14.6. The lowest BCUT2D eigenvalue weighted by Crippen LogP contribution is -2.10. The topological polar surface area (TPSA) is 84.2 Å². The van der Waals surface area contributed by atoms with E-state index in [1.165, 1.54) is 0 Å². The molecule has 0 aliphatic carbocycles. The van der Waals surface area contributed by atoms with E-state index in [1.807, 2.05) is 68.8 Å². The van der Waals surface area contributed by atoms with Gasteiger partial charge in [0.1, 0.15) is 0 Å². The van der Waals surface area contributed by atoms with Gasteiger partial charge >= 0.3 is 5.97 Å². The standard InChI is InChI=1S/C24H28BrN3O3/c1-15(2)12-22(25)16(3)6-11-23(29)26-20-9-7-19(8-10-20)14-28-18(5)21(13-24(30)31)17(4)27-28/h6-10,12H,1,11,13-14H2,2-5H3,(H,26,29)(H,30,31)/b16-6-,22-12+. The van der Waals surface area contributed by atoms with Crippen LogP contribution >= 0.6 is 15.9 Å². The first kappa shape index (κ1) is 24.3. The Labute approximate surface area is 191 Å². The summed E-state index contributed by atoms with van der Waals surface area (Å²) in [5, 5.41) is 16.4. The van der Waals surface area contributed by atoms with Gasteiger partial charge in [-0.3, -0.25) is 14.3 Å². The zero-order valence-corrected chi connectivity index (χ0v) is 19.9. The van der Waals surface area contributed by atoms with Crippen molar-refractivity contribution in [1.29, 1.82) is 0 Å². The van der Waals surface area contributed by atoms with Crippen molar-refractivity contribution in [2.75, 3.05) is 5.32 Å². The smallest absolute Gasteiger partial charge is 0.307 e. The highest BCUT2D eigenvalue weighted by molar-refractivity contribution is 9.12. The monoisotopic (exact) mass is 485 g/mol. The number of benzene rings is 1. The summed E-state index contributed by atoms with van der Waals surface area (Å²) in [6.45, 7) is 11.9. The van der Waals surface area contributed by atoms with Gasteiger partial charge in [-0.2, -0.15) is 5.10 Å². The van der Waals surface area contributed by atoms with E-state index in [-0.39, 0.29) is 18.7 Å². The molecule has 1 aromatic carbocycles. The minimum Gasteiger partial charge on any atom is -0.481 e. The first-order valence-electron chi connectivity index (χ1n) is 9.90. The molecule has 0 fully saturated rings. The summed E-state index contributed by atoms with van der Waals surface area (Å²) in [5.74, 6) is -0.963. The Morgan fingerprint density at radius 1 is 1.23 bits per heavy atom. The molecular weight excluding hydrogens is 458 g/mol. The van der Waals surface area contributed by atoms with E-state index in [0.717, 1.165) is 43.8 Å². The van der Waals surface area contributed by atoms with Gasteiger partial charge in [0.2, 0.25) is 5.91 Å². The van der Waals surface area contributed by atoms with Crippen molar-refractivity contribution in [1.82, 2.24) is 9.78 Å². The fourth-order valence-electron chi connectivity index (χ4n) is 3.05. The van der Waals surface area contributed by atoms with E-state index < -0.39 is 5.97 Å². The Morgan fingerprint density at radius 2 is 1.87 bits per heavy atom. The van der Waals surface area contributed by atoms with Gasteiger partial charge in [-0.25, -0.2) is 0 Å². The van der Waals surface area contributed by atoms with Crippen molar-refractivity contribution in [2.45, 2.75) is 47.1 Å². The molecule has 2 N–H and O–H groups in total. The third kappa shape index (κ3) is 7.36. The van der Waals surface area contributed by atoms with Crippen LogP contribution in [0.3, 0.4) is 0 Å². The van der Waals surface area contributed by atoms with Crippen LogP contribution in [0.25, 0.3) is 0 Å². The molecule has 0 bridgehead atoms. The molecule has 31 heavy (non-hydrogen) atoms. The maximum atomic E-state index is 12.2. The lowest BCUT2D eigenvalue weighted by Gasteiger charge is -2.08. The van der Waals surface area contributed by atoms with Crippen molar-refractivity contribution in [2.24, 2.45) is 0 Å². The van der Waals surface area contributed by atoms with Crippen LogP contribution in [0.1, 0.15) is 42.8 Å². The molecule has 7 heteroatoms. The number of aliphatic carboxylic acids is 1. The van der Waals surface area contributed by atoms with Crippen LogP contribution in [0.2, 0.25) is 0 Å². The second-order valence-corrected chi connectivity index (χ2v) is 8.41. The number of aryl methyl sites for hydroxylation is 1. The molecule has 2 rings (SSSR count). The molecule has 2 aromatic rings. The molecule has 0 aliphatic rings. The van der Waals surface area contributed by atoms with Gasteiger partial charge < -0.3 is 10.4 Å². The molecule has 6 nitrogen and oxygen atoms in total. The van der Waals surface area contributed by atoms with E-state index in [9.17, 15) is 9.59 Å². The van der Waals surface area contributed by atoms with Crippen molar-refractivity contribution in [3.63, 3.8) is 0 Å². The average molecular weight is 486 g/mol. The highest BCUT2D eigenvalue weighted by atomic mass is 79.9. The molecule has 0 aliphatic heterocycles. The number of amides is 1. The quantitative estimate of drug-likeness (QED) is 0.471. The van der Waals surface area contributed by atoms with E-state index in [4.69, 9.17) is 5.11 Å². The van der Waals surface area contributed by atoms with Crippen LogP contribution in [0.4, 0.5) is 5.69 Å². The summed E-state index contributed by atoms with van der Waals surface area (Å²) in [6.07, 6.45) is 4.02. The van der Waals surface area contributed by atoms with Crippen LogP contribution in [-0.4, -0.2) is 26.8 Å². The van der Waals surface area contributed by atoms with Gasteiger partial charge in [0.25, 0.3) is 0 Å². The molecule has 164 valence electrons. The van der Waals surface area contributed by atoms with E-state index in [0.29, 0.717) is 6.54 Å². The predicted octanol–water partition coefficient (Wildman–Crippen LogP) is 5.31. The second-order valence-electron chi connectivity index (χ2n) is 7.55. The van der Waals surface area contributed by atoms with Gasteiger partial charge in [-0.05, 0) is 57.0 Å². The number of nitrogens with one attached hydrogen (secondary N) is 1. The SMILES string of the molecule is C=C(C)/C=C(Br)\C(C)=C/CC(=O)Nc1ccc(Cn2nc(C)c(CC(=O)O)c2C)cc1. The molecule has 1 aromatic heterocycles. The molecule has 0 saturated heterocycles. The predicted molar refractivity (Wildman–Crippen MR) is 127 cm³/mol. The highest BCUT2D eigenvalue weighted by Gasteiger charge is 2.14. The maximum absolute atomic E-state index is 12.2. The molecule has 0 radical (unpaired) electrons. The maximum Gasteiger partial charge on any atom is 0.307 e. The Bertz CT molecular complexity index is 1050. The zero-order valence-electron chi connectivity index (χ0n) is 18.3. The second kappa shape index (κ2) is 10.9. The normalized spacial score (nSPS) is 12.0. The molecule has 0 unspecified atom stereocenters. The summed E-state index contributed by atoms with van der Waals surface area (Å²) < 4.78 is 2.72. The average Bonchev–Trinajstić information content (AvgIpc) is 2.94. The number of aromatic nitrogens is 2. The van der Waals surface area contributed by atoms with Gasteiger partial charge in [0.05, 0.1) is 18.7 Å². The number of carboxylic acid groups (broad SMARTS) is 1. The minimum atomic E-state index is -0.866. The third-order valence-electron chi connectivity index (χ3n) is 4.77. The Balaban J connectivity index is 1.99. The van der Waals surface area contributed by atoms with Crippen molar-refractivity contribution < 1.29 is 14.7 Å². The van der Waals surface area contributed by atoms with Crippen molar-refractivity contribution >= 4 is 33.5 Å². The molecule has 1 amide bonds. The Hall–Kier alpha value is -2.93. The molecule has 0 spiro atoms. The number of carbonyl (C=O) groups is 2. The first-order valence-corrected chi connectivity index (χ1v) is 10.7. The Morgan fingerprint density at radius 3 is 2.45 bits per heavy atom. The minimum absolute atomic E-state index is 0.0316. The lowest BCUT2D eigenvalue weighted by molar-refractivity contribution is -0.136. The fraction of sp³-hybridized carbons (Fsp3) is 0.292. The van der Waals surface area contributed by atoms with Crippen LogP contribution in [0, 0.1) is 13.8 Å². The van der Waals surface area contributed by atoms with Gasteiger partial charge in [-0.1, -0.05) is 46.3 Å². The number of halogens is 1. The van der Waals surface area contributed by atoms with E-state index in [1.54, 1.807) is 0 Å². The van der Waals surface area contributed by atoms with Crippen molar-refractivity contribution in [3.05, 3.63) is 81.1 Å². The molecule has 1 heterocycles. The fourth-order valence-corrected chi connectivity index (χ4v) is 3.60. The number of carboxylic acids is 1. The summed E-state index contributed by atoms with van der Waals surface area (Å²) in [5.41, 5.74) is 5.97. The number of anilines is 1. The summed E-state index contributed by atoms with van der Waals surface area (Å²) in [4.78, 5) is 23.3. The van der Waals surface area contributed by atoms with Crippen LogP contribution in [-0.2, 0) is 22.6 Å². The largest absolute Gasteiger partial charge is 0.481 e. The van der Waals surface area contributed by atoms with Crippen LogP contribution < -0.4 is 5.32 Å². The number of hydrogen-bond donors (Lipinski definition) is 2. The molecule has 0 atom stereocenters. The molecular formula is C24H28BrN3O3. The van der Waals surface area contributed by atoms with E-state index >= 15 is 0 Å². The van der Waals surface area contributed by atoms with Crippen LogP contribution in [0.5, 0.6) is 0 Å². The summed E-state index contributed by atoms with van der Waals surface area (Å²) in [7, 11) is 0. The van der Waals surface area contributed by atoms with Crippen LogP contribution in [0.15, 0.2) is 58.6 Å². The number of nitrogens with zero attached hydrogens (tertiary/aromatic N) is 2. The number of allylic oxidation sites excluding steroid dienone is 4. The van der Waals surface area contributed by atoms with E-state index in [2.05, 4.69) is 32.9 Å². The zero-order chi connectivity index (χ0) is 23.1. The lowest BCUT2D eigenvalue weighted by atomic mass is 10.1. The number of carbonyl (C=O) groups excluding carboxylic acids is 1. The summed E-state index contributed by atoms with van der Waals surface area (Å²) >= 11 is 3.48. The van der Waals surface area contributed by atoms with Gasteiger partial charge in [0.15, 0.2) is 0 Å². The highest BCUT2D eigenvalue weighted by Crippen LogP contribution is 2.20. The Kier molecular flexibility index (Phi) is 8.56. The molecule has 0 saturated carbocycles. The third-order valence-corrected chi connectivity index (χ3v) is 5.63.